The zero-order chi connectivity index (χ0) is 15.1. The van der Waals surface area contributed by atoms with Gasteiger partial charge in [0, 0.05) is 6.54 Å². The number of amides is 1. The third kappa shape index (κ3) is 7.27. The minimum absolute atomic E-state index is 0. The smallest absolute Gasteiger partial charge is 0.237 e. The van der Waals surface area contributed by atoms with E-state index in [9.17, 15) is 14.3 Å². The van der Waals surface area contributed by atoms with Gasteiger partial charge >= 0.3 is 0 Å². The van der Waals surface area contributed by atoms with Crippen molar-refractivity contribution >= 4 is 18.3 Å². The van der Waals surface area contributed by atoms with Gasteiger partial charge < -0.3 is 20.9 Å². The molecule has 0 saturated carbocycles. The van der Waals surface area contributed by atoms with Crippen LogP contribution in [0, 0.1) is 11.7 Å². The highest BCUT2D eigenvalue weighted by atomic mass is 35.5. The highest BCUT2D eigenvalue weighted by Gasteiger charge is 2.17. The lowest BCUT2D eigenvalue weighted by atomic mass is 10.1. The number of benzene rings is 1. The number of carbonyl (C=O) groups is 1. The van der Waals surface area contributed by atoms with Crippen LogP contribution in [0.1, 0.15) is 13.8 Å². The molecule has 1 unspecified atom stereocenters. The predicted molar refractivity (Wildman–Crippen MR) is 81.0 cm³/mol. The van der Waals surface area contributed by atoms with Gasteiger partial charge in [0.2, 0.25) is 5.91 Å². The maximum Gasteiger partial charge on any atom is 0.237 e. The molecule has 0 saturated heterocycles. The van der Waals surface area contributed by atoms with Crippen molar-refractivity contribution in [3.05, 3.63) is 30.1 Å². The molecular formula is C14H22ClFN2O3. The molecule has 2 atom stereocenters. The van der Waals surface area contributed by atoms with Crippen molar-refractivity contribution in [3.63, 3.8) is 0 Å². The van der Waals surface area contributed by atoms with Gasteiger partial charge in [-0.05, 0) is 30.2 Å². The second kappa shape index (κ2) is 9.55. The van der Waals surface area contributed by atoms with Gasteiger partial charge in [0.05, 0.1) is 6.04 Å². The van der Waals surface area contributed by atoms with Crippen molar-refractivity contribution in [3.8, 4) is 5.75 Å². The lowest BCUT2D eigenvalue weighted by Gasteiger charge is -2.17. The molecule has 0 aliphatic carbocycles. The number of ether oxygens (including phenoxy) is 1. The van der Waals surface area contributed by atoms with E-state index < -0.39 is 12.1 Å². The number of halogens is 2. The normalized spacial score (nSPS) is 13.2. The first-order chi connectivity index (χ1) is 9.40. The summed E-state index contributed by atoms with van der Waals surface area (Å²) >= 11 is 0. The first-order valence-electron chi connectivity index (χ1n) is 6.50. The summed E-state index contributed by atoms with van der Waals surface area (Å²) in [5.41, 5.74) is 5.66. The zero-order valence-corrected chi connectivity index (χ0v) is 12.9. The minimum Gasteiger partial charge on any atom is -0.491 e. The lowest BCUT2D eigenvalue weighted by Crippen LogP contribution is -2.46. The summed E-state index contributed by atoms with van der Waals surface area (Å²) in [6, 6.07) is 4.88. The number of aliphatic hydroxyl groups excluding tert-OH is 1. The average Bonchev–Trinajstić information content (AvgIpc) is 2.43. The number of nitrogens with two attached hydrogens (primary N) is 1. The molecule has 0 spiro atoms. The number of aliphatic hydroxyl groups is 1. The van der Waals surface area contributed by atoms with Crippen molar-refractivity contribution in [2.24, 2.45) is 11.7 Å². The van der Waals surface area contributed by atoms with E-state index in [0.29, 0.717) is 5.75 Å². The molecule has 4 N–H and O–H groups in total. The monoisotopic (exact) mass is 320 g/mol. The van der Waals surface area contributed by atoms with Crippen molar-refractivity contribution in [2.75, 3.05) is 13.2 Å². The topological polar surface area (TPSA) is 84.6 Å². The molecule has 5 nitrogen and oxygen atoms in total. The average molecular weight is 321 g/mol. The van der Waals surface area contributed by atoms with Crippen LogP contribution in [-0.2, 0) is 4.79 Å². The third-order valence-corrected chi connectivity index (χ3v) is 2.79. The van der Waals surface area contributed by atoms with Gasteiger partial charge in [0.1, 0.15) is 24.3 Å². The first kappa shape index (κ1) is 19.6. The quantitative estimate of drug-likeness (QED) is 0.702. The summed E-state index contributed by atoms with van der Waals surface area (Å²) in [6.45, 7) is 3.75. The molecule has 0 aliphatic heterocycles. The molecular weight excluding hydrogens is 299 g/mol. The SMILES string of the molecule is CC(C)[C@H](N)C(=O)NCC(O)COc1ccc(F)cc1.Cl. The van der Waals surface area contributed by atoms with Gasteiger partial charge in [-0.3, -0.25) is 4.79 Å². The molecule has 1 aromatic rings. The predicted octanol–water partition coefficient (Wildman–Crippen LogP) is 1.09. The van der Waals surface area contributed by atoms with Gasteiger partial charge in [0.15, 0.2) is 0 Å². The summed E-state index contributed by atoms with van der Waals surface area (Å²) < 4.78 is 17.9. The van der Waals surface area contributed by atoms with Gasteiger partial charge in [0.25, 0.3) is 0 Å². The molecule has 1 aromatic carbocycles. The Morgan fingerprint density at radius 2 is 1.95 bits per heavy atom. The summed E-state index contributed by atoms with van der Waals surface area (Å²) in [4.78, 5) is 11.6. The van der Waals surface area contributed by atoms with Crippen LogP contribution in [0.4, 0.5) is 4.39 Å². The number of nitrogens with one attached hydrogen (secondary N) is 1. The van der Waals surface area contributed by atoms with Gasteiger partial charge in [-0.25, -0.2) is 4.39 Å². The first-order valence-corrected chi connectivity index (χ1v) is 6.50. The maximum atomic E-state index is 12.7. The highest BCUT2D eigenvalue weighted by molar-refractivity contribution is 5.85. The van der Waals surface area contributed by atoms with E-state index in [2.05, 4.69) is 5.32 Å². The fourth-order valence-electron chi connectivity index (χ4n) is 1.42. The molecule has 0 heterocycles. The van der Waals surface area contributed by atoms with Crippen LogP contribution in [-0.4, -0.2) is 36.3 Å². The van der Waals surface area contributed by atoms with Crippen LogP contribution in [0.25, 0.3) is 0 Å². The van der Waals surface area contributed by atoms with Gasteiger partial charge in [-0.1, -0.05) is 13.8 Å². The van der Waals surface area contributed by atoms with Crippen molar-refractivity contribution in [1.82, 2.24) is 5.32 Å². The van der Waals surface area contributed by atoms with Crippen LogP contribution in [0.15, 0.2) is 24.3 Å². The van der Waals surface area contributed by atoms with Crippen LogP contribution in [0.2, 0.25) is 0 Å². The summed E-state index contributed by atoms with van der Waals surface area (Å²) in [5, 5.41) is 12.2. The zero-order valence-electron chi connectivity index (χ0n) is 12.1. The van der Waals surface area contributed by atoms with E-state index in [-0.39, 0.29) is 43.2 Å². The Balaban J connectivity index is 0.00000400. The van der Waals surface area contributed by atoms with Crippen LogP contribution >= 0.6 is 12.4 Å². The molecule has 1 rings (SSSR count). The Morgan fingerprint density at radius 1 is 1.38 bits per heavy atom. The Morgan fingerprint density at radius 3 is 2.48 bits per heavy atom. The molecule has 21 heavy (non-hydrogen) atoms. The standard InChI is InChI=1S/C14H21FN2O3.ClH/c1-9(2)13(16)14(19)17-7-11(18)8-20-12-5-3-10(15)4-6-12;/h3-6,9,11,13,18H,7-8,16H2,1-2H3,(H,17,19);1H/t11?,13-;/m0./s1. The Bertz CT molecular complexity index is 429. The number of hydrogen-bond donors (Lipinski definition) is 3. The Kier molecular flexibility index (Phi) is 8.92. The van der Waals surface area contributed by atoms with E-state index in [0.717, 1.165) is 0 Å². The molecule has 7 heteroatoms. The number of hydrogen-bond acceptors (Lipinski definition) is 4. The molecule has 0 aromatic heterocycles. The Hall–Kier alpha value is -1.37. The number of rotatable bonds is 7. The summed E-state index contributed by atoms with van der Waals surface area (Å²) in [5.74, 6) is -0.174. The fourth-order valence-corrected chi connectivity index (χ4v) is 1.42. The molecule has 0 bridgehead atoms. The van der Waals surface area contributed by atoms with E-state index in [1.54, 1.807) is 0 Å². The van der Waals surface area contributed by atoms with Crippen LogP contribution in [0.3, 0.4) is 0 Å². The van der Waals surface area contributed by atoms with E-state index in [1.165, 1.54) is 24.3 Å². The number of carbonyl (C=O) groups excluding carboxylic acids is 1. The van der Waals surface area contributed by atoms with E-state index >= 15 is 0 Å². The third-order valence-electron chi connectivity index (χ3n) is 2.79. The van der Waals surface area contributed by atoms with Crippen LogP contribution < -0.4 is 15.8 Å². The highest BCUT2D eigenvalue weighted by Crippen LogP contribution is 2.11. The molecule has 1 amide bonds. The summed E-state index contributed by atoms with van der Waals surface area (Å²) in [6.07, 6.45) is -0.858. The molecule has 0 radical (unpaired) electrons. The molecule has 120 valence electrons. The lowest BCUT2D eigenvalue weighted by molar-refractivity contribution is -0.123. The maximum absolute atomic E-state index is 12.7. The van der Waals surface area contributed by atoms with Crippen molar-refractivity contribution in [1.29, 1.82) is 0 Å². The van der Waals surface area contributed by atoms with E-state index in [1.807, 2.05) is 13.8 Å². The molecule has 0 aliphatic rings. The van der Waals surface area contributed by atoms with Crippen LogP contribution in [0.5, 0.6) is 5.75 Å². The van der Waals surface area contributed by atoms with Gasteiger partial charge in [-0.2, -0.15) is 0 Å². The minimum atomic E-state index is -0.858. The van der Waals surface area contributed by atoms with Crippen molar-refractivity contribution in [2.45, 2.75) is 26.0 Å². The largest absolute Gasteiger partial charge is 0.491 e. The van der Waals surface area contributed by atoms with Crippen molar-refractivity contribution < 1.29 is 19.0 Å². The van der Waals surface area contributed by atoms with E-state index in [4.69, 9.17) is 10.5 Å². The Labute approximate surface area is 130 Å². The second-order valence-electron chi connectivity index (χ2n) is 4.93. The summed E-state index contributed by atoms with van der Waals surface area (Å²) in [7, 11) is 0. The molecule has 0 fully saturated rings. The second-order valence-corrected chi connectivity index (χ2v) is 4.93. The fraction of sp³-hybridized carbons (Fsp3) is 0.500. The van der Waals surface area contributed by atoms with Gasteiger partial charge in [-0.15, -0.1) is 12.4 Å².